The third-order valence-electron chi connectivity index (χ3n) is 4.08. The first kappa shape index (κ1) is 15.2. The zero-order valence-corrected chi connectivity index (χ0v) is 13.4. The van der Waals surface area contributed by atoms with Gasteiger partial charge in [0.2, 0.25) is 11.8 Å². The molecule has 1 aliphatic rings. The van der Waals surface area contributed by atoms with Crippen LogP contribution in [0.15, 0.2) is 28.7 Å². The minimum absolute atomic E-state index is 0.0884. The fraction of sp³-hybridized carbons (Fsp3) is 0.500. The first-order valence-corrected chi connectivity index (χ1v) is 7.91. The topological polar surface area (TPSA) is 46.2 Å². The lowest BCUT2D eigenvalue weighted by Gasteiger charge is -2.34. The molecule has 20 heavy (non-hydrogen) atoms. The van der Waals surface area contributed by atoms with Crippen molar-refractivity contribution in [2.24, 2.45) is 11.8 Å². The van der Waals surface area contributed by atoms with E-state index in [1.807, 2.05) is 24.3 Å². The molecule has 1 aliphatic heterocycles. The van der Waals surface area contributed by atoms with Crippen molar-refractivity contribution in [1.82, 2.24) is 5.32 Å². The standard InChI is InChI=1S/C16H20BrNO2/c1-3-5-10(2)13-9-14(19)18-16(20)15(13)11-6-4-7-12(17)8-11/h4,6-8,10,13,15H,3,5,9H2,1-2H3,(H,18,19,20). The van der Waals surface area contributed by atoms with Crippen molar-refractivity contribution < 1.29 is 9.59 Å². The summed E-state index contributed by atoms with van der Waals surface area (Å²) in [7, 11) is 0. The van der Waals surface area contributed by atoms with Crippen molar-refractivity contribution in [1.29, 1.82) is 0 Å². The lowest BCUT2D eigenvalue weighted by atomic mass is 9.73. The van der Waals surface area contributed by atoms with E-state index in [-0.39, 0.29) is 23.7 Å². The van der Waals surface area contributed by atoms with Gasteiger partial charge in [0.15, 0.2) is 0 Å². The molecule has 1 aromatic carbocycles. The lowest BCUT2D eigenvalue weighted by Crippen LogP contribution is -2.46. The fourth-order valence-corrected chi connectivity index (χ4v) is 3.51. The number of benzene rings is 1. The molecule has 2 rings (SSSR count). The molecule has 0 aliphatic carbocycles. The van der Waals surface area contributed by atoms with Gasteiger partial charge in [0.05, 0.1) is 5.92 Å². The van der Waals surface area contributed by atoms with E-state index in [1.54, 1.807) is 0 Å². The Morgan fingerprint density at radius 1 is 1.40 bits per heavy atom. The van der Waals surface area contributed by atoms with Gasteiger partial charge in [0, 0.05) is 10.9 Å². The molecule has 0 radical (unpaired) electrons. The highest BCUT2D eigenvalue weighted by Gasteiger charge is 2.39. The van der Waals surface area contributed by atoms with Crippen LogP contribution >= 0.6 is 15.9 Å². The highest BCUT2D eigenvalue weighted by molar-refractivity contribution is 9.10. The number of rotatable bonds is 4. The number of carbonyl (C=O) groups excluding carboxylic acids is 2. The molecule has 0 spiro atoms. The number of imide groups is 1. The number of halogens is 1. The predicted molar refractivity (Wildman–Crippen MR) is 82.2 cm³/mol. The molecule has 2 amide bonds. The third kappa shape index (κ3) is 3.29. The van der Waals surface area contributed by atoms with Gasteiger partial charge in [-0.2, -0.15) is 0 Å². The van der Waals surface area contributed by atoms with Crippen LogP contribution in [0.3, 0.4) is 0 Å². The summed E-state index contributed by atoms with van der Waals surface area (Å²) in [5, 5.41) is 2.48. The van der Waals surface area contributed by atoms with Crippen LogP contribution in [0.4, 0.5) is 0 Å². The summed E-state index contributed by atoms with van der Waals surface area (Å²) in [6.07, 6.45) is 2.54. The van der Waals surface area contributed by atoms with Gasteiger partial charge in [-0.15, -0.1) is 0 Å². The van der Waals surface area contributed by atoms with Gasteiger partial charge in [-0.1, -0.05) is 54.8 Å². The van der Waals surface area contributed by atoms with E-state index < -0.39 is 0 Å². The number of hydrogen-bond donors (Lipinski definition) is 1. The first-order chi connectivity index (χ1) is 9.52. The van der Waals surface area contributed by atoms with Crippen LogP contribution in [0, 0.1) is 11.8 Å². The quantitative estimate of drug-likeness (QED) is 0.852. The average molecular weight is 338 g/mol. The Morgan fingerprint density at radius 2 is 2.15 bits per heavy atom. The molecular weight excluding hydrogens is 318 g/mol. The summed E-state index contributed by atoms with van der Waals surface area (Å²) in [5.74, 6) is -0.0854. The summed E-state index contributed by atoms with van der Waals surface area (Å²) < 4.78 is 0.960. The molecule has 1 N–H and O–H groups in total. The van der Waals surface area contributed by atoms with Crippen molar-refractivity contribution in [3.05, 3.63) is 34.3 Å². The number of hydrogen-bond acceptors (Lipinski definition) is 2. The van der Waals surface area contributed by atoms with E-state index in [1.165, 1.54) is 0 Å². The molecule has 0 bridgehead atoms. The van der Waals surface area contributed by atoms with Crippen LogP contribution in [-0.2, 0) is 9.59 Å². The number of piperidine rings is 1. The fourth-order valence-electron chi connectivity index (χ4n) is 3.09. The Hall–Kier alpha value is -1.16. The van der Waals surface area contributed by atoms with Crippen molar-refractivity contribution in [2.45, 2.75) is 39.0 Å². The van der Waals surface area contributed by atoms with Crippen molar-refractivity contribution >= 4 is 27.7 Å². The molecule has 3 nitrogen and oxygen atoms in total. The van der Waals surface area contributed by atoms with Gasteiger partial charge in [0.25, 0.3) is 0 Å². The maximum atomic E-state index is 12.3. The van der Waals surface area contributed by atoms with Crippen LogP contribution in [-0.4, -0.2) is 11.8 Å². The highest BCUT2D eigenvalue weighted by atomic mass is 79.9. The van der Waals surface area contributed by atoms with Crippen LogP contribution < -0.4 is 5.32 Å². The summed E-state index contributed by atoms with van der Waals surface area (Å²) in [6.45, 7) is 4.28. The van der Waals surface area contributed by atoms with Gasteiger partial charge in [-0.25, -0.2) is 0 Å². The molecular formula is C16H20BrNO2. The molecule has 0 aromatic heterocycles. The van der Waals surface area contributed by atoms with E-state index in [9.17, 15) is 9.59 Å². The van der Waals surface area contributed by atoms with Crippen molar-refractivity contribution in [3.63, 3.8) is 0 Å². The normalized spacial score (nSPS) is 24.4. The minimum Gasteiger partial charge on any atom is -0.296 e. The van der Waals surface area contributed by atoms with Crippen LogP contribution in [0.1, 0.15) is 44.6 Å². The Bertz CT molecular complexity index is 515. The maximum absolute atomic E-state index is 12.3. The molecule has 1 aromatic rings. The SMILES string of the molecule is CCCC(C)C1CC(=O)NC(=O)C1c1cccc(Br)c1. The summed E-state index contributed by atoms with van der Waals surface area (Å²) in [5.41, 5.74) is 0.984. The van der Waals surface area contributed by atoms with Crippen LogP contribution in [0.5, 0.6) is 0 Å². The molecule has 108 valence electrons. The second-order valence-corrected chi connectivity index (χ2v) is 6.49. The Morgan fingerprint density at radius 3 is 2.80 bits per heavy atom. The third-order valence-corrected chi connectivity index (χ3v) is 4.57. The molecule has 1 heterocycles. The van der Waals surface area contributed by atoms with E-state index in [0.717, 1.165) is 22.9 Å². The summed E-state index contributed by atoms with van der Waals surface area (Å²) in [4.78, 5) is 24.0. The smallest absolute Gasteiger partial charge is 0.234 e. The van der Waals surface area contributed by atoms with Gasteiger partial charge in [0.1, 0.15) is 0 Å². The van der Waals surface area contributed by atoms with Crippen LogP contribution in [0.2, 0.25) is 0 Å². The van der Waals surface area contributed by atoms with E-state index in [2.05, 4.69) is 35.1 Å². The molecule has 1 fully saturated rings. The van der Waals surface area contributed by atoms with Crippen molar-refractivity contribution in [2.75, 3.05) is 0 Å². The van der Waals surface area contributed by atoms with Crippen molar-refractivity contribution in [3.8, 4) is 0 Å². The molecule has 0 saturated carbocycles. The monoisotopic (exact) mass is 337 g/mol. The molecule has 1 saturated heterocycles. The van der Waals surface area contributed by atoms with E-state index in [0.29, 0.717) is 12.3 Å². The zero-order chi connectivity index (χ0) is 14.7. The predicted octanol–water partition coefficient (Wildman–Crippen LogP) is 3.63. The first-order valence-electron chi connectivity index (χ1n) is 7.12. The Balaban J connectivity index is 2.34. The maximum Gasteiger partial charge on any atom is 0.234 e. The minimum atomic E-state index is -0.230. The zero-order valence-electron chi connectivity index (χ0n) is 11.9. The molecule has 4 heteroatoms. The largest absolute Gasteiger partial charge is 0.296 e. The van der Waals surface area contributed by atoms with Gasteiger partial charge >= 0.3 is 0 Å². The Labute approximate surface area is 128 Å². The summed E-state index contributed by atoms with van der Waals surface area (Å²) >= 11 is 3.45. The van der Waals surface area contributed by atoms with E-state index >= 15 is 0 Å². The van der Waals surface area contributed by atoms with Crippen LogP contribution in [0.25, 0.3) is 0 Å². The number of nitrogens with one attached hydrogen (secondary N) is 1. The molecule has 3 atom stereocenters. The Kier molecular flexibility index (Phi) is 4.97. The second-order valence-electron chi connectivity index (χ2n) is 5.58. The van der Waals surface area contributed by atoms with Gasteiger partial charge < -0.3 is 0 Å². The highest BCUT2D eigenvalue weighted by Crippen LogP contribution is 2.38. The number of amides is 2. The lowest BCUT2D eigenvalue weighted by molar-refractivity contribution is -0.137. The van der Waals surface area contributed by atoms with E-state index in [4.69, 9.17) is 0 Å². The average Bonchev–Trinajstić information content (AvgIpc) is 2.38. The number of carbonyl (C=O) groups is 2. The summed E-state index contributed by atoms with van der Waals surface area (Å²) in [6, 6.07) is 7.83. The molecule has 3 unspecified atom stereocenters. The van der Waals surface area contributed by atoms with Gasteiger partial charge in [-0.05, 0) is 29.5 Å². The van der Waals surface area contributed by atoms with Gasteiger partial charge in [-0.3, -0.25) is 14.9 Å². The second kappa shape index (κ2) is 6.53.